The van der Waals surface area contributed by atoms with E-state index < -0.39 is 0 Å². The van der Waals surface area contributed by atoms with Gasteiger partial charge in [-0.25, -0.2) is 0 Å². The van der Waals surface area contributed by atoms with Crippen LogP contribution in [0.5, 0.6) is 0 Å². The van der Waals surface area contributed by atoms with Gasteiger partial charge >= 0.3 is 0 Å². The van der Waals surface area contributed by atoms with Crippen LogP contribution in [0, 0.1) is 40.4 Å². The molecule has 0 saturated heterocycles. The van der Waals surface area contributed by atoms with Crippen LogP contribution in [0.15, 0.2) is 23.8 Å². The third-order valence-electron chi connectivity index (χ3n) is 9.85. The van der Waals surface area contributed by atoms with Crippen molar-refractivity contribution >= 4 is 5.78 Å². The summed E-state index contributed by atoms with van der Waals surface area (Å²) in [5, 5.41) is 0. The zero-order valence-corrected chi connectivity index (χ0v) is 18.9. The van der Waals surface area contributed by atoms with E-state index in [-0.39, 0.29) is 5.92 Å². The fourth-order valence-electron chi connectivity index (χ4n) is 8.12. The normalized spacial score (nSPS) is 42.4. The van der Waals surface area contributed by atoms with Crippen LogP contribution in [0.1, 0.15) is 98.3 Å². The van der Waals surface area contributed by atoms with Crippen LogP contribution in [-0.2, 0) is 4.79 Å². The van der Waals surface area contributed by atoms with Gasteiger partial charge in [0.1, 0.15) is 5.78 Å². The van der Waals surface area contributed by atoms with Gasteiger partial charge in [0, 0.05) is 12.3 Å². The second-order valence-corrected chi connectivity index (χ2v) is 11.4. The molecule has 1 nitrogen and oxygen atoms in total. The maximum atomic E-state index is 12.1. The number of Topliss-reactive ketones (excluding diaryl/α,β-unsaturated/α-hetero) is 1. The molecule has 4 aliphatic carbocycles. The first kappa shape index (κ1) is 20.4. The third kappa shape index (κ3) is 3.16. The Morgan fingerprint density at radius 1 is 1.11 bits per heavy atom. The molecular formula is C27H42O. The van der Waals surface area contributed by atoms with Crippen molar-refractivity contribution in [2.75, 3.05) is 0 Å². The summed E-state index contributed by atoms with van der Waals surface area (Å²) in [6.07, 6.45) is 16.8. The minimum Gasteiger partial charge on any atom is -0.299 e. The van der Waals surface area contributed by atoms with Gasteiger partial charge in [-0.2, -0.15) is 0 Å². The van der Waals surface area contributed by atoms with Crippen molar-refractivity contribution in [1.82, 2.24) is 0 Å². The second-order valence-electron chi connectivity index (χ2n) is 11.4. The highest BCUT2D eigenvalue weighted by atomic mass is 16.1. The molecular weight excluding hydrogens is 340 g/mol. The molecule has 3 saturated carbocycles. The lowest BCUT2D eigenvalue weighted by molar-refractivity contribution is -0.121. The number of carbonyl (C=O) groups is 1. The van der Waals surface area contributed by atoms with Crippen molar-refractivity contribution < 1.29 is 4.79 Å². The zero-order valence-electron chi connectivity index (χ0n) is 18.9. The molecule has 0 aromatic rings. The van der Waals surface area contributed by atoms with Crippen LogP contribution in [-0.4, -0.2) is 5.78 Å². The first-order chi connectivity index (χ1) is 13.3. The van der Waals surface area contributed by atoms with E-state index in [2.05, 4.69) is 26.5 Å². The quantitative estimate of drug-likeness (QED) is 0.449. The summed E-state index contributed by atoms with van der Waals surface area (Å²) in [7, 11) is 0. The van der Waals surface area contributed by atoms with Gasteiger partial charge in [0.15, 0.2) is 0 Å². The van der Waals surface area contributed by atoms with Crippen molar-refractivity contribution in [2.24, 2.45) is 40.4 Å². The summed E-state index contributed by atoms with van der Waals surface area (Å²) in [6, 6.07) is 0. The average Bonchev–Trinajstić information content (AvgIpc) is 3.02. The fourth-order valence-corrected chi connectivity index (χ4v) is 8.12. The van der Waals surface area contributed by atoms with Gasteiger partial charge in [-0.15, -0.1) is 0 Å². The number of hydrogen-bond donors (Lipinski definition) is 0. The molecule has 0 radical (unpaired) electrons. The topological polar surface area (TPSA) is 17.1 Å². The molecule has 0 unspecified atom stereocenters. The Morgan fingerprint density at radius 2 is 1.89 bits per heavy atom. The molecule has 0 spiro atoms. The highest BCUT2D eigenvalue weighted by molar-refractivity contribution is 5.80. The lowest BCUT2D eigenvalue weighted by Crippen LogP contribution is -2.49. The van der Waals surface area contributed by atoms with Crippen molar-refractivity contribution in [3.05, 3.63) is 23.8 Å². The van der Waals surface area contributed by atoms with Gasteiger partial charge in [0.05, 0.1) is 0 Å². The highest BCUT2D eigenvalue weighted by Crippen LogP contribution is 2.67. The van der Waals surface area contributed by atoms with E-state index in [4.69, 9.17) is 0 Å². The summed E-state index contributed by atoms with van der Waals surface area (Å²) in [5.74, 6) is 3.88. The number of hydrogen-bond acceptors (Lipinski definition) is 1. The van der Waals surface area contributed by atoms with Gasteiger partial charge < -0.3 is 0 Å². The molecule has 0 aromatic heterocycles. The molecule has 3 fully saturated rings. The maximum Gasteiger partial charge on any atom is 0.135 e. The van der Waals surface area contributed by atoms with E-state index in [0.717, 1.165) is 24.2 Å². The lowest BCUT2D eigenvalue weighted by atomic mass is 9.47. The molecule has 4 rings (SSSR count). The summed E-state index contributed by atoms with van der Waals surface area (Å²) in [4.78, 5) is 12.1. The van der Waals surface area contributed by atoms with Gasteiger partial charge in [-0.1, -0.05) is 57.9 Å². The first-order valence-electron chi connectivity index (χ1n) is 12.2. The zero-order chi connectivity index (χ0) is 20.1. The molecule has 6 atom stereocenters. The molecule has 0 aromatic carbocycles. The number of fused-ring (bicyclic) bond motifs is 5. The van der Waals surface area contributed by atoms with Crippen LogP contribution in [0.2, 0.25) is 0 Å². The minimum atomic E-state index is 0.162. The number of carbonyl (C=O) groups excluding carboxylic acids is 1. The van der Waals surface area contributed by atoms with Crippen molar-refractivity contribution in [2.45, 2.75) is 98.3 Å². The summed E-state index contributed by atoms with van der Waals surface area (Å²) in [6.45, 7) is 13.8. The first-order valence-corrected chi connectivity index (χ1v) is 12.2. The smallest absolute Gasteiger partial charge is 0.135 e. The van der Waals surface area contributed by atoms with E-state index >= 15 is 0 Å². The Bertz CT molecular complexity index is 670. The van der Waals surface area contributed by atoms with Crippen molar-refractivity contribution in [3.63, 3.8) is 0 Å². The number of ketones is 1. The Labute approximate surface area is 173 Å². The largest absolute Gasteiger partial charge is 0.299 e. The number of allylic oxidation sites excluding steroid dienone is 3. The molecule has 0 bridgehead atoms. The SMILES string of the molecule is C=C(CCC(=O)C(C)C)[C@H]1CC[C@H]2[C@@H]3CC=C4CCCC[C@]4(C)[C@H]3CC[C@]12C. The molecule has 4 aliphatic rings. The van der Waals surface area contributed by atoms with Crippen LogP contribution in [0.25, 0.3) is 0 Å². The van der Waals surface area contributed by atoms with E-state index in [1.807, 2.05) is 19.4 Å². The van der Waals surface area contributed by atoms with Crippen LogP contribution in [0.4, 0.5) is 0 Å². The third-order valence-corrected chi connectivity index (χ3v) is 9.85. The fraction of sp³-hybridized carbons (Fsp3) is 0.815. The molecule has 156 valence electrons. The minimum absolute atomic E-state index is 0.162. The van der Waals surface area contributed by atoms with Crippen LogP contribution < -0.4 is 0 Å². The summed E-state index contributed by atoms with van der Waals surface area (Å²) >= 11 is 0. The summed E-state index contributed by atoms with van der Waals surface area (Å²) < 4.78 is 0. The second kappa shape index (κ2) is 7.44. The maximum absolute atomic E-state index is 12.1. The monoisotopic (exact) mass is 382 g/mol. The Kier molecular flexibility index (Phi) is 5.43. The standard InChI is InChI=1S/C27H42O/c1-18(2)25(28)14-9-19(3)22-12-13-23-21-11-10-20-8-6-7-16-26(20,4)24(21)15-17-27(22,23)5/h10,18,21-24H,3,6-9,11-17H2,1-2,4-5H3/t21-,22+,23-,24-,26-,27+/m0/s1. The van der Waals surface area contributed by atoms with Gasteiger partial charge in [0.25, 0.3) is 0 Å². The van der Waals surface area contributed by atoms with E-state index in [1.54, 1.807) is 0 Å². The van der Waals surface area contributed by atoms with Gasteiger partial charge in [0.2, 0.25) is 0 Å². The Hall–Kier alpha value is -0.850. The van der Waals surface area contributed by atoms with Crippen molar-refractivity contribution in [1.29, 1.82) is 0 Å². The Balaban J connectivity index is 1.50. The van der Waals surface area contributed by atoms with Crippen molar-refractivity contribution in [3.8, 4) is 0 Å². The summed E-state index contributed by atoms with van der Waals surface area (Å²) in [5.41, 5.74) is 4.12. The number of rotatable bonds is 5. The lowest BCUT2D eigenvalue weighted by Gasteiger charge is -2.57. The van der Waals surface area contributed by atoms with E-state index in [9.17, 15) is 4.79 Å². The molecule has 28 heavy (non-hydrogen) atoms. The highest BCUT2D eigenvalue weighted by Gasteiger charge is 2.58. The molecule has 0 aliphatic heterocycles. The average molecular weight is 383 g/mol. The van der Waals surface area contributed by atoms with E-state index in [0.29, 0.717) is 29.0 Å². The van der Waals surface area contributed by atoms with Gasteiger partial charge in [-0.3, -0.25) is 4.79 Å². The molecule has 1 heteroatoms. The van der Waals surface area contributed by atoms with Gasteiger partial charge in [-0.05, 0) is 92.3 Å². The van der Waals surface area contributed by atoms with Crippen LogP contribution >= 0.6 is 0 Å². The van der Waals surface area contributed by atoms with Crippen LogP contribution in [0.3, 0.4) is 0 Å². The molecule has 0 heterocycles. The predicted molar refractivity (Wildman–Crippen MR) is 118 cm³/mol. The molecule has 0 amide bonds. The Morgan fingerprint density at radius 3 is 2.64 bits per heavy atom. The van der Waals surface area contributed by atoms with E-state index in [1.165, 1.54) is 63.4 Å². The molecule has 0 N–H and O–H groups in total. The predicted octanol–water partition coefficient (Wildman–Crippen LogP) is 7.52.